The van der Waals surface area contributed by atoms with Gasteiger partial charge in [-0.15, -0.1) is 0 Å². The molecule has 0 radical (unpaired) electrons. The number of rotatable bonds is 3. The molecule has 2 aliphatic rings. The SMILES string of the molecule is O=C(O)C(O)CN1C(=O)CC2(CCCCCC2)C1=O. The lowest BCUT2D eigenvalue weighted by Crippen LogP contribution is -2.42. The zero-order chi connectivity index (χ0) is 14.0. The third-order valence-electron chi connectivity index (χ3n) is 4.19. The van der Waals surface area contributed by atoms with E-state index in [4.69, 9.17) is 5.11 Å². The first-order chi connectivity index (χ1) is 8.96. The van der Waals surface area contributed by atoms with Crippen LogP contribution >= 0.6 is 0 Å². The second-order valence-electron chi connectivity index (χ2n) is 5.53. The summed E-state index contributed by atoms with van der Waals surface area (Å²) >= 11 is 0. The van der Waals surface area contributed by atoms with Gasteiger partial charge in [0.1, 0.15) is 0 Å². The fourth-order valence-electron chi connectivity index (χ4n) is 3.09. The van der Waals surface area contributed by atoms with Gasteiger partial charge in [0, 0.05) is 6.42 Å². The molecule has 1 spiro atoms. The number of hydrogen-bond donors (Lipinski definition) is 2. The normalized spacial score (nSPS) is 24.6. The molecular weight excluding hydrogens is 250 g/mol. The zero-order valence-electron chi connectivity index (χ0n) is 10.8. The van der Waals surface area contributed by atoms with Crippen molar-refractivity contribution in [1.82, 2.24) is 4.90 Å². The fourth-order valence-corrected chi connectivity index (χ4v) is 3.09. The Balaban J connectivity index is 2.13. The molecule has 0 aromatic carbocycles. The molecule has 1 aliphatic heterocycles. The highest BCUT2D eigenvalue weighted by molar-refractivity contribution is 6.06. The van der Waals surface area contributed by atoms with Gasteiger partial charge in [0.25, 0.3) is 0 Å². The van der Waals surface area contributed by atoms with E-state index in [0.717, 1.165) is 30.6 Å². The van der Waals surface area contributed by atoms with Crippen molar-refractivity contribution in [2.24, 2.45) is 5.41 Å². The number of carboxylic acid groups (broad SMARTS) is 1. The summed E-state index contributed by atoms with van der Waals surface area (Å²) in [5.74, 6) is -2.06. The van der Waals surface area contributed by atoms with E-state index in [1.54, 1.807) is 0 Å². The van der Waals surface area contributed by atoms with Crippen molar-refractivity contribution in [1.29, 1.82) is 0 Å². The van der Waals surface area contributed by atoms with E-state index in [0.29, 0.717) is 12.8 Å². The molecule has 1 unspecified atom stereocenters. The Labute approximate surface area is 111 Å². The van der Waals surface area contributed by atoms with Crippen molar-refractivity contribution < 1.29 is 24.6 Å². The fraction of sp³-hybridized carbons (Fsp3) is 0.769. The monoisotopic (exact) mass is 269 g/mol. The first kappa shape index (κ1) is 14.0. The molecule has 0 bridgehead atoms. The van der Waals surface area contributed by atoms with Crippen LogP contribution in [0.2, 0.25) is 0 Å². The quantitative estimate of drug-likeness (QED) is 0.729. The van der Waals surface area contributed by atoms with Gasteiger partial charge in [0.15, 0.2) is 6.10 Å². The van der Waals surface area contributed by atoms with Gasteiger partial charge in [0.05, 0.1) is 12.0 Å². The Kier molecular flexibility index (Phi) is 3.89. The Bertz CT molecular complexity index is 398. The van der Waals surface area contributed by atoms with Gasteiger partial charge in [-0.25, -0.2) is 4.79 Å². The maximum atomic E-state index is 12.4. The summed E-state index contributed by atoms with van der Waals surface area (Å²) in [6, 6.07) is 0. The Morgan fingerprint density at radius 3 is 2.32 bits per heavy atom. The van der Waals surface area contributed by atoms with Gasteiger partial charge in [-0.05, 0) is 12.8 Å². The molecule has 2 N–H and O–H groups in total. The minimum Gasteiger partial charge on any atom is -0.479 e. The van der Waals surface area contributed by atoms with Crippen molar-refractivity contribution >= 4 is 17.8 Å². The largest absolute Gasteiger partial charge is 0.479 e. The predicted octanol–water partition coefficient (Wildman–Crippen LogP) is 0.531. The molecule has 6 nitrogen and oxygen atoms in total. The van der Waals surface area contributed by atoms with Crippen molar-refractivity contribution in [3.8, 4) is 0 Å². The number of nitrogens with zero attached hydrogens (tertiary/aromatic N) is 1. The molecule has 6 heteroatoms. The van der Waals surface area contributed by atoms with Crippen molar-refractivity contribution in [3.63, 3.8) is 0 Å². The number of carbonyl (C=O) groups excluding carboxylic acids is 2. The van der Waals surface area contributed by atoms with Gasteiger partial charge >= 0.3 is 5.97 Å². The van der Waals surface area contributed by atoms with Gasteiger partial charge < -0.3 is 10.2 Å². The third-order valence-corrected chi connectivity index (χ3v) is 4.19. The maximum Gasteiger partial charge on any atom is 0.334 e. The first-order valence-corrected chi connectivity index (χ1v) is 6.72. The smallest absolute Gasteiger partial charge is 0.334 e. The van der Waals surface area contributed by atoms with Gasteiger partial charge in [-0.3, -0.25) is 14.5 Å². The summed E-state index contributed by atoms with van der Waals surface area (Å²) in [4.78, 5) is 35.9. The average molecular weight is 269 g/mol. The van der Waals surface area contributed by atoms with Crippen LogP contribution in [0.4, 0.5) is 0 Å². The maximum absolute atomic E-state index is 12.4. The van der Waals surface area contributed by atoms with Crippen molar-refractivity contribution in [2.75, 3.05) is 6.54 Å². The van der Waals surface area contributed by atoms with Crippen LogP contribution in [0.15, 0.2) is 0 Å². The lowest BCUT2D eigenvalue weighted by molar-refractivity contribution is -0.151. The van der Waals surface area contributed by atoms with Gasteiger partial charge in [-0.2, -0.15) is 0 Å². The number of aliphatic hydroxyl groups is 1. The number of aliphatic hydroxyl groups excluding tert-OH is 1. The summed E-state index contributed by atoms with van der Waals surface area (Å²) in [5, 5.41) is 18.0. The number of hydrogen-bond acceptors (Lipinski definition) is 4. The van der Waals surface area contributed by atoms with Crippen molar-refractivity contribution in [3.05, 3.63) is 0 Å². The standard InChI is InChI=1S/C13H19NO5/c15-9(11(17)18)8-14-10(16)7-13(12(14)19)5-3-1-2-4-6-13/h9,15H,1-8H2,(H,17,18). The van der Waals surface area contributed by atoms with Crippen LogP contribution in [0.1, 0.15) is 44.9 Å². The second kappa shape index (κ2) is 5.28. The lowest BCUT2D eigenvalue weighted by Gasteiger charge is -2.25. The molecular formula is C13H19NO5. The van der Waals surface area contributed by atoms with E-state index in [1.807, 2.05) is 0 Å². The topological polar surface area (TPSA) is 94.9 Å². The first-order valence-electron chi connectivity index (χ1n) is 6.72. The molecule has 1 saturated heterocycles. The van der Waals surface area contributed by atoms with Crippen LogP contribution in [0.25, 0.3) is 0 Å². The Morgan fingerprint density at radius 2 is 1.79 bits per heavy atom. The van der Waals surface area contributed by atoms with Crippen LogP contribution in [0.5, 0.6) is 0 Å². The summed E-state index contributed by atoms with van der Waals surface area (Å²) in [6.07, 6.45) is 3.84. The molecule has 19 heavy (non-hydrogen) atoms. The van der Waals surface area contributed by atoms with E-state index in [2.05, 4.69) is 0 Å². The van der Waals surface area contributed by atoms with Crippen LogP contribution in [0, 0.1) is 5.41 Å². The second-order valence-corrected chi connectivity index (χ2v) is 5.53. The van der Waals surface area contributed by atoms with Crippen LogP contribution in [-0.4, -0.2) is 45.5 Å². The molecule has 1 saturated carbocycles. The number of carboxylic acids is 1. The average Bonchev–Trinajstić information content (AvgIpc) is 2.56. The molecule has 1 atom stereocenters. The van der Waals surface area contributed by atoms with E-state index in [1.165, 1.54) is 0 Å². The molecule has 1 heterocycles. The van der Waals surface area contributed by atoms with E-state index >= 15 is 0 Å². The molecule has 106 valence electrons. The molecule has 2 fully saturated rings. The minimum absolute atomic E-state index is 0.165. The van der Waals surface area contributed by atoms with E-state index in [-0.39, 0.29) is 18.2 Å². The number of amides is 2. The molecule has 0 aromatic rings. The molecule has 0 aromatic heterocycles. The predicted molar refractivity (Wildman–Crippen MR) is 65.1 cm³/mol. The van der Waals surface area contributed by atoms with Crippen LogP contribution in [-0.2, 0) is 14.4 Å². The highest BCUT2D eigenvalue weighted by atomic mass is 16.4. The summed E-state index contributed by atoms with van der Waals surface area (Å²) < 4.78 is 0. The Hall–Kier alpha value is -1.43. The Morgan fingerprint density at radius 1 is 1.21 bits per heavy atom. The zero-order valence-corrected chi connectivity index (χ0v) is 10.8. The molecule has 1 aliphatic carbocycles. The van der Waals surface area contributed by atoms with Crippen LogP contribution in [0.3, 0.4) is 0 Å². The van der Waals surface area contributed by atoms with Crippen molar-refractivity contribution in [2.45, 2.75) is 51.0 Å². The number of aliphatic carboxylic acids is 1. The summed E-state index contributed by atoms with van der Waals surface area (Å²) in [7, 11) is 0. The van der Waals surface area contributed by atoms with Gasteiger partial charge in [0.2, 0.25) is 11.8 Å². The minimum atomic E-state index is -1.70. The van der Waals surface area contributed by atoms with Crippen LogP contribution < -0.4 is 0 Å². The highest BCUT2D eigenvalue weighted by Crippen LogP contribution is 2.44. The molecule has 2 rings (SSSR count). The van der Waals surface area contributed by atoms with E-state index in [9.17, 15) is 19.5 Å². The number of carbonyl (C=O) groups is 3. The molecule has 2 amide bonds. The lowest BCUT2D eigenvalue weighted by atomic mass is 9.79. The highest BCUT2D eigenvalue weighted by Gasteiger charge is 2.51. The summed E-state index contributed by atoms with van der Waals surface area (Å²) in [5.41, 5.74) is -0.633. The van der Waals surface area contributed by atoms with Gasteiger partial charge in [-0.1, -0.05) is 25.7 Å². The third kappa shape index (κ3) is 2.63. The number of likely N-dealkylation sites (tertiary alicyclic amines) is 1. The number of imide groups is 1. The number of β-amino-alcohol motifs (C(OH)–C–C–N with tert-alkyl or cyclic N) is 1. The summed E-state index contributed by atoms with van der Waals surface area (Å²) in [6.45, 7) is -0.436. The van der Waals surface area contributed by atoms with E-state index < -0.39 is 24.0 Å².